The Bertz CT molecular complexity index is 820. The van der Waals surface area contributed by atoms with E-state index in [9.17, 15) is 4.79 Å². The molecule has 162 valence electrons. The van der Waals surface area contributed by atoms with Gasteiger partial charge in [-0.2, -0.15) is 0 Å². The Morgan fingerprint density at radius 3 is 2.17 bits per heavy atom. The van der Waals surface area contributed by atoms with Crippen LogP contribution < -0.4 is 18.9 Å². The minimum atomic E-state index is -0.0677. The number of ether oxygens (including phenoxy) is 5. The summed E-state index contributed by atoms with van der Waals surface area (Å²) in [4.78, 5) is 15.1. The van der Waals surface area contributed by atoms with Crippen LogP contribution in [0.1, 0.15) is 28.8 Å². The number of hydrogen-bond acceptors (Lipinski definition) is 6. The molecule has 0 aliphatic carbocycles. The molecule has 1 aliphatic rings. The van der Waals surface area contributed by atoms with Gasteiger partial charge in [0, 0.05) is 25.3 Å². The standard InChI is InChI=1S/C23H29NO6/c1-26-18-9-7-17(8-10-18)23(25)24(15-19-6-5-11-30-19)14-16-12-20(27-2)22(29-4)21(13-16)28-3/h7-10,12-13,19H,5-6,11,14-15H2,1-4H3/t19-/m1/s1. The van der Waals surface area contributed by atoms with Gasteiger partial charge >= 0.3 is 0 Å². The number of carbonyl (C=O) groups is 1. The number of nitrogens with zero attached hydrogens (tertiary/aromatic N) is 1. The van der Waals surface area contributed by atoms with Crippen molar-refractivity contribution in [2.75, 3.05) is 41.6 Å². The molecule has 0 radical (unpaired) electrons. The summed E-state index contributed by atoms with van der Waals surface area (Å²) in [5.74, 6) is 2.28. The van der Waals surface area contributed by atoms with E-state index in [1.165, 1.54) is 0 Å². The first-order valence-electron chi connectivity index (χ1n) is 9.93. The van der Waals surface area contributed by atoms with Crippen molar-refractivity contribution in [2.45, 2.75) is 25.5 Å². The first kappa shape index (κ1) is 21.8. The van der Waals surface area contributed by atoms with Crippen LogP contribution in [0.5, 0.6) is 23.0 Å². The summed E-state index contributed by atoms with van der Waals surface area (Å²) in [6, 6.07) is 10.9. The van der Waals surface area contributed by atoms with Gasteiger partial charge in [0.1, 0.15) is 5.75 Å². The van der Waals surface area contributed by atoms with Gasteiger partial charge in [-0.15, -0.1) is 0 Å². The van der Waals surface area contributed by atoms with Crippen LogP contribution in [0.15, 0.2) is 36.4 Å². The van der Waals surface area contributed by atoms with E-state index in [0.29, 0.717) is 41.7 Å². The number of hydrogen-bond donors (Lipinski definition) is 0. The van der Waals surface area contributed by atoms with Crippen molar-refractivity contribution >= 4 is 5.91 Å². The Labute approximate surface area is 177 Å². The van der Waals surface area contributed by atoms with Crippen LogP contribution in [0.2, 0.25) is 0 Å². The minimum absolute atomic E-state index is 0.0363. The van der Waals surface area contributed by atoms with Gasteiger partial charge in [-0.25, -0.2) is 0 Å². The van der Waals surface area contributed by atoms with Crippen molar-refractivity contribution in [3.05, 3.63) is 47.5 Å². The van der Waals surface area contributed by atoms with Crippen LogP contribution >= 0.6 is 0 Å². The molecule has 1 amide bonds. The van der Waals surface area contributed by atoms with Gasteiger partial charge in [0.2, 0.25) is 5.75 Å². The van der Waals surface area contributed by atoms with Crippen molar-refractivity contribution in [1.82, 2.24) is 4.90 Å². The van der Waals surface area contributed by atoms with Crippen molar-refractivity contribution in [3.8, 4) is 23.0 Å². The molecule has 3 rings (SSSR count). The summed E-state index contributed by atoms with van der Waals surface area (Å²) in [5.41, 5.74) is 1.48. The summed E-state index contributed by atoms with van der Waals surface area (Å²) < 4.78 is 27.3. The van der Waals surface area contributed by atoms with Crippen molar-refractivity contribution in [3.63, 3.8) is 0 Å². The summed E-state index contributed by atoms with van der Waals surface area (Å²) in [7, 11) is 6.32. The molecule has 7 nitrogen and oxygen atoms in total. The second-order valence-electron chi connectivity index (χ2n) is 7.08. The van der Waals surface area contributed by atoms with E-state index >= 15 is 0 Å². The monoisotopic (exact) mass is 415 g/mol. The molecule has 0 bridgehead atoms. The molecule has 0 spiro atoms. The molecule has 1 saturated heterocycles. The minimum Gasteiger partial charge on any atom is -0.497 e. The molecule has 2 aromatic carbocycles. The zero-order valence-corrected chi connectivity index (χ0v) is 18.0. The molecule has 1 aliphatic heterocycles. The van der Waals surface area contributed by atoms with E-state index in [-0.39, 0.29) is 12.0 Å². The van der Waals surface area contributed by atoms with Gasteiger partial charge < -0.3 is 28.6 Å². The number of methoxy groups -OCH3 is 4. The Hall–Kier alpha value is -2.93. The maximum absolute atomic E-state index is 13.3. The van der Waals surface area contributed by atoms with E-state index in [4.69, 9.17) is 23.7 Å². The van der Waals surface area contributed by atoms with Gasteiger partial charge in [-0.3, -0.25) is 4.79 Å². The normalized spacial score (nSPS) is 15.5. The highest BCUT2D eigenvalue weighted by atomic mass is 16.5. The average molecular weight is 415 g/mol. The molecule has 1 fully saturated rings. The van der Waals surface area contributed by atoms with Crippen LogP contribution in [0, 0.1) is 0 Å². The highest BCUT2D eigenvalue weighted by Gasteiger charge is 2.25. The Morgan fingerprint density at radius 1 is 1.00 bits per heavy atom. The molecule has 30 heavy (non-hydrogen) atoms. The van der Waals surface area contributed by atoms with Gasteiger partial charge in [0.05, 0.1) is 34.5 Å². The van der Waals surface area contributed by atoms with Crippen molar-refractivity contribution in [2.24, 2.45) is 0 Å². The molecule has 0 saturated carbocycles. The van der Waals surface area contributed by atoms with Crippen LogP contribution in [-0.2, 0) is 11.3 Å². The van der Waals surface area contributed by atoms with Gasteiger partial charge in [-0.1, -0.05) is 0 Å². The van der Waals surface area contributed by atoms with Crippen LogP contribution in [0.25, 0.3) is 0 Å². The molecule has 2 aromatic rings. The van der Waals surface area contributed by atoms with E-state index in [1.807, 2.05) is 12.1 Å². The lowest BCUT2D eigenvalue weighted by Crippen LogP contribution is -2.37. The molecule has 0 N–H and O–H groups in total. The Morgan fingerprint density at radius 2 is 1.67 bits per heavy atom. The third kappa shape index (κ3) is 4.97. The highest BCUT2D eigenvalue weighted by molar-refractivity contribution is 5.94. The molecule has 0 unspecified atom stereocenters. The fourth-order valence-corrected chi connectivity index (χ4v) is 3.62. The predicted octanol–water partition coefficient (Wildman–Crippen LogP) is 3.54. The molecule has 1 atom stereocenters. The first-order chi connectivity index (χ1) is 14.6. The summed E-state index contributed by atoms with van der Waals surface area (Å²) in [6.07, 6.45) is 2.00. The summed E-state index contributed by atoms with van der Waals surface area (Å²) in [6.45, 7) is 1.64. The van der Waals surface area contributed by atoms with Gasteiger partial charge in [0.25, 0.3) is 5.91 Å². The molecule has 1 heterocycles. The Balaban J connectivity index is 1.89. The van der Waals surface area contributed by atoms with Crippen LogP contribution in [0.3, 0.4) is 0 Å². The number of benzene rings is 2. The molecular formula is C23H29NO6. The summed E-state index contributed by atoms with van der Waals surface area (Å²) in [5, 5.41) is 0. The topological polar surface area (TPSA) is 66.5 Å². The first-order valence-corrected chi connectivity index (χ1v) is 9.93. The second-order valence-corrected chi connectivity index (χ2v) is 7.08. The molecular weight excluding hydrogens is 386 g/mol. The summed E-state index contributed by atoms with van der Waals surface area (Å²) >= 11 is 0. The fraction of sp³-hybridized carbons (Fsp3) is 0.435. The Kier molecular flexibility index (Phi) is 7.41. The number of carbonyl (C=O) groups excluding carboxylic acids is 1. The number of amides is 1. The second kappa shape index (κ2) is 10.2. The lowest BCUT2D eigenvalue weighted by atomic mass is 10.1. The van der Waals surface area contributed by atoms with E-state index < -0.39 is 0 Å². The van der Waals surface area contributed by atoms with Crippen LogP contribution in [0.4, 0.5) is 0 Å². The van der Waals surface area contributed by atoms with Crippen LogP contribution in [-0.4, -0.2) is 58.5 Å². The largest absolute Gasteiger partial charge is 0.497 e. The van der Waals surface area contributed by atoms with E-state index in [2.05, 4.69) is 0 Å². The van der Waals surface area contributed by atoms with E-state index in [0.717, 1.165) is 25.0 Å². The third-order valence-electron chi connectivity index (χ3n) is 5.17. The smallest absolute Gasteiger partial charge is 0.254 e. The average Bonchev–Trinajstić information content (AvgIpc) is 3.30. The highest BCUT2D eigenvalue weighted by Crippen LogP contribution is 2.38. The maximum atomic E-state index is 13.3. The van der Waals surface area contributed by atoms with Gasteiger partial charge in [0.15, 0.2) is 11.5 Å². The zero-order valence-electron chi connectivity index (χ0n) is 18.0. The lowest BCUT2D eigenvalue weighted by molar-refractivity contribution is 0.0507. The molecule has 0 aromatic heterocycles. The quantitative estimate of drug-likeness (QED) is 0.624. The fourth-order valence-electron chi connectivity index (χ4n) is 3.62. The molecule has 7 heteroatoms. The lowest BCUT2D eigenvalue weighted by Gasteiger charge is -2.26. The van der Waals surface area contributed by atoms with Crippen molar-refractivity contribution < 1.29 is 28.5 Å². The van der Waals surface area contributed by atoms with Gasteiger partial charge in [-0.05, 0) is 54.8 Å². The third-order valence-corrected chi connectivity index (χ3v) is 5.17. The van der Waals surface area contributed by atoms with Crippen molar-refractivity contribution in [1.29, 1.82) is 0 Å². The maximum Gasteiger partial charge on any atom is 0.254 e. The predicted molar refractivity (Wildman–Crippen MR) is 113 cm³/mol. The number of rotatable bonds is 9. The SMILES string of the molecule is COc1ccc(C(=O)N(Cc2cc(OC)c(OC)c(OC)c2)C[C@H]2CCCO2)cc1. The van der Waals surface area contributed by atoms with E-state index in [1.54, 1.807) is 57.6 Å². The zero-order chi connectivity index (χ0) is 21.5.